The van der Waals surface area contributed by atoms with Crippen LogP contribution in [0, 0.1) is 20.8 Å². The molecule has 114 valence electrons. The standard InChI is InChI=1S/C16H16N2O3S/c1-8-7-11(5-6-12(8)21-4)13-9(2)18-10(3)14(15(19)20)22-16(18)17-13/h5-7H,1-4H3,(H,19,20). The predicted octanol–water partition coefficient (Wildman–Crippen LogP) is 3.69. The normalized spacial score (nSPS) is 11.1. The van der Waals surface area contributed by atoms with Crippen molar-refractivity contribution in [3.63, 3.8) is 0 Å². The van der Waals surface area contributed by atoms with E-state index in [1.54, 1.807) is 7.11 Å². The van der Waals surface area contributed by atoms with Gasteiger partial charge >= 0.3 is 5.97 Å². The van der Waals surface area contributed by atoms with E-state index in [9.17, 15) is 9.90 Å². The number of carboxylic acid groups (broad SMARTS) is 1. The van der Waals surface area contributed by atoms with Gasteiger partial charge in [0.05, 0.1) is 12.8 Å². The van der Waals surface area contributed by atoms with Gasteiger partial charge in [0.1, 0.15) is 10.6 Å². The van der Waals surface area contributed by atoms with Crippen molar-refractivity contribution in [2.75, 3.05) is 7.11 Å². The third-order valence-corrected chi connectivity index (χ3v) is 4.93. The molecule has 6 heteroatoms. The van der Waals surface area contributed by atoms with Crippen LogP contribution in [0.3, 0.4) is 0 Å². The molecule has 0 bridgehead atoms. The number of methoxy groups -OCH3 is 1. The molecule has 1 N–H and O–H groups in total. The SMILES string of the molecule is COc1ccc(-c2nc3sc(C(=O)O)c(C)n3c2C)cc1C. The second kappa shape index (κ2) is 5.14. The first kappa shape index (κ1) is 14.6. The van der Waals surface area contributed by atoms with Crippen molar-refractivity contribution < 1.29 is 14.6 Å². The third kappa shape index (κ3) is 2.07. The highest BCUT2D eigenvalue weighted by molar-refractivity contribution is 7.19. The number of hydrogen-bond acceptors (Lipinski definition) is 4. The highest BCUT2D eigenvalue weighted by Gasteiger charge is 2.20. The van der Waals surface area contributed by atoms with E-state index >= 15 is 0 Å². The summed E-state index contributed by atoms with van der Waals surface area (Å²) in [5, 5.41) is 9.21. The number of aromatic carboxylic acids is 1. The highest BCUT2D eigenvalue weighted by atomic mass is 32.1. The van der Waals surface area contributed by atoms with Crippen LogP contribution in [-0.4, -0.2) is 27.6 Å². The number of ether oxygens (including phenoxy) is 1. The zero-order valence-electron chi connectivity index (χ0n) is 12.8. The molecule has 0 saturated carbocycles. The Hall–Kier alpha value is -2.34. The minimum absolute atomic E-state index is 0.336. The van der Waals surface area contributed by atoms with Crippen LogP contribution >= 0.6 is 11.3 Å². The van der Waals surface area contributed by atoms with E-state index < -0.39 is 5.97 Å². The highest BCUT2D eigenvalue weighted by Crippen LogP contribution is 2.32. The monoisotopic (exact) mass is 316 g/mol. The van der Waals surface area contributed by atoms with Gasteiger partial charge in [-0.05, 0) is 44.5 Å². The molecule has 0 fully saturated rings. The zero-order valence-corrected chi connectivity index (χ0v) is 13.6. The molecule has 3 rings (SSSR count). The molecule has 0 unspecified atom stereocenters. The first-order chi connectivity index (χ1) is 10.4. The van der Waals surface area contributed by atoms with E-state index in [4.69, 9.17) is 4.74 Å². The molecule has 0 atom stereocenters. The number of carbonyl (C=O) groups is 1. The van der Waals surface area contributed by atoms with Gasteiger partial charge in [-0.1, -0.05) is 11.3 Å². The fourth-order valence-corrected chi connectivity index (χ4v) is 3.71. The van der Waals surface area contributed by atoms with Crippen molar-refractivity contribution in [3.8, 4) is 17.0 Å². The number of imidazole rings is 1. The number of carboxylic acids is 1. The Labute approximate surface area is 131 Å². The Balaban J connectivity index is 2.18. The first-order valence-corrected chi connectivity index (χ1v) is 7.62. The quantitative estimate of drug-likeness (QED) is 0.800. The van der Waals surface area contributed by atoms with E-state index in [1.165, 1.54) is 11.3 Å². The van der Waals surface area contributed by atoms with Gasteiger partial charge < -0.3 is 9.84 Å². The lowest BCUT2D eigenvalue weighted by Gasteiger charge is -2.07. The van der Waals surface area contributed by atoms with E-state index in [2.05, 4.69) is 4.98 Å². The first-order valence-electron chi connectivity index (χ1n) is 6.80. The van der Waals surface area contributed by atoms with Crippen LogP contribution in [0.2, 0.25) is 0 Å². The number of aromatic nitrogens is 2. The van der Waals surface area contributed by atoms with Gasteiger partial charge in [0.25, 0.3) is 0 Å². The van der Waals surface area contributed by atoms with E-state index in [0.29, 0.717) is 15.5 Å². The number of hydrogen-bond donors (Lipinski definition) is 1. The summed E-state index contributed by atoms with van der Waals surface area (Å²) in [4.78, 5) is 16.9. The molecule has 0 saturated heterocycles. The number of thiazole rings is 1. The van der Waals surface area contributed by atoms with Crippen LogP contribution in [0.4, 0.5) is 0 Å². The fraction of sp³-hybridized carbons (Fsp3) is 0.250. The Bertz CT molecular complexity index is 893. The van der Waals surface area contributed by atoms with Crippen LogP contribution in [0.5, 0.6) is 5.75 Å². The topological polar surface area (TPSA) is 63.8 Å². The summed E-state index contributed by atoms with van der Waals surface area (Å²) in [6.07, 6.45) is 0. The van der Waals surface area contributed by atoms with Gasteiger partial charge in [-0.2, -0.15) is 0 Å². The Kier molecular flexibility index (Phi) is 3.41. The van der Waals surface area contributed by atoms with E-state index in [1.807, 2.05) is 43.4 Å². The molecule has 0 amide bonds. The lowest BCUT2D eigenvalue weighted by atomic mass is 10.1. The van der Waals surface area contributed by atoms with Gasteiger partial charge in [0.15, 0.2) is 4.96 Å². The van der Waals surface area contributed by atoms with Crippen LogP contribution < -0.4 is 4.74 Å². The molecule has 2 heterocycles. The number of rotatable bonds is 3. The van der Waals surface area contributed by atoms with Crippen molar-refractivity contribution in [1.82, 2.24) is 9.38 Å². The summed E-state index contributed by atoms with van der Waals surface area (Å²) >= 11 is 1.20. The van der Waals surface area contributed by atoms with Gasteiger partial charge in [-0.25, -0.2) is 9.78 Å². The smallest absolute Gasteiger partial charge is 0.347 e. The third-order valence-electron chi connectivity index (χ3n) is 3.80. The van der Waals surface area contributed by atoms with Crippen molar-refractivity contribution >= 4 is 22.3 Å². The number of aryl methyl sites for hydroxylation is 3. The summed E-state index contributed by atoms with van der Waals surface area (Å²) < 4.78 is 7.19. The van der Waals surface area contributed by atoms with Crippen molar-refractivity contribution in [2.45, 2.75) is 20.8 Å². The molecule has 1 aromatic carbocycles. The minimum Gasteiger partial charge on any atom is -0.496 e. The summed E-state index contributed by atoms with van der Waals surface area (Å²) in [6, 6.07) is 5.93. The molecule has 2 aromatic heterocycles. The van der Waals surface area contributed by atoms with Gasteiger partial charge in [0.2, 0.25) is 0 Å². The number of benzene rings is 1. The van der Waals surface area contributed by atoms with Gasteiger partial charge in [-0.3, -0.25) is 4.40 Å². The van der Waals surface area contributed by atoms with Crippen molar-refractivity contribution in [2.24, 2.45) is 0 Å². The lowest BCUT2D eigenvalue weighted by Crippen LogP contribution is -1.98. The average Bonchev–Trinajstić information content (AvgIpc) is 2.97. The number of fused-ring (bicyclic) bond motifs is 1. The van der Waals surface area contributed by atoms with Crippen molar-refractivity contribution in [1.29, 1.82) is 0 Å². The second-order valence-electron chi connectivity index (χ2n) is 5.17. The molecule has 0 spiro atoms. The summed E-state index contributed by atoms with van der Waals surface area (Å²) in [6.45, 7) is 5.76. The van der Waals surface area contributed by atoms with Gasteiger partial charge in [0, 0.05) is 17.0 Å². The molecular formula is C16H16N2O3S. The summed E-state index contributed by atoms with van der Waals surface area (Å²) in [5.74, 6) is -0.0685. The fourth-order valence-electron chi connectivity index (χ4n) is 2.70. The molecule has 0 aliphatic rings. The predicted molar refractivity (Wildman–Crippen MR) is 86.2 cm³/mol. The molecule has 0 aliphatic carbocycles. The van der Waals surface area contributed by atoms with E-state index in [-0.39, 0.29) is 0 Å². The second-order valence-corrected chi connectivity index (χ2v) is 6.15. The van der Waals surface area contributed by atoms with Crippen LogP contribution in [0.25, 0.3) is 16.2 Å². The molecule has 0 aliphatic heterocycles. The minimum atomic E-state index is -0.908. The number of nitrogens with zero attached hydrogens (tertiary/aromatic N) is 2. The van der Waals surface area contributed by atoms with Gasteiger partial charge in [-0.15, -0.1) is 0 Å². The summed E-state index contributed by atoms with van der Waals surface area (Å²) in [5.41, 5.74) is 4.58. The molecule has 3 aromatic rings. The largest absolute Gasteiger partial charge is 0.496 e. The molecular weight excluding hydrogens is 300 g/mol. The van der Waals surface area contributed by atoms with Crippen LogP contribution in [-0.2, 0) is 0 Å². The molecule has 22 heavy (non-hydrogen) atoms. The van der Waals surface area contributed by atoms with Crippen LogP contribution in [0.15, 0.2) is 18.2 Å². The van der Waals surface area contributed by atoms with Crippen molar-refractivity contribution in [3.05, 3.63) is 40.0 Å². The maximum atomic E-state index is 11.2. The lowest BCUT2D eigenvalue weighted by molar-refractivity contribution is 0.0701. The molecule has 0 radical (unpaired) electrons. The average molecular weight is 316 g/mol. The summed E-state index contributed by atoms with van der Waals surface area (Å²) in [7, 11) is 1.65. The Morgan fingerprint density at radius 2 is 2.00 bits per heavy atom. The Morgan fingerprint density at radius 3 is 2.55 bits per heavy atom. The van der Waals surface area contributed by atoms with E-state index in [0.717, 1.165) is 28.3 Å². The maximum Gasteiger partial charge on any atom is 0.347 e. The zero-order chi connectivity index (χ0) is 16.0. The van der Waals surface area contributed by atoms with Crippen LogP contribution in [0.1, 0.15) is 26.6 Å². The maximum absolute atomic E-state index is 11.2. The molecule has 5 nitrogen and oxygen atoms in total. The Morgan fingerprint density at radius 1 is 1.27 bits per heavy atom.